The molecule has 0 aliphatic rings. The van der Waals surface area contributed by atoms with Gasteiger partial charge in [0.1, 0.15) is 11.9 Å². The van der Waals surface area contributed by atoms with Gasteiger partial charge in [0.25, 0.3) is 0 Å². The molecule has 4 heteroatoms. The molecule has 70 valence electrons. The topological polar surface area (TPSA) is 61.1 Å². The molecule has 0 aliphatic heterocycles. The molecule has 0 amide bonds. The lowest BCUT2D eigenvalue weighted by molar-refractivity contribution is -0.131. The van der Waals surface area contributed by atoms with E-state index in [0.29, 0.717) is 0 Å². The van der Waals surface area contributed by atoms with E-state index in [9.17, 15) is 9.18 Å². The maximum atomic E-state index is 13.3. The van der Waals surface area contributed by atoms with Crippen molar-refractivity contribution in [3.05, 3.63) is 41.2 Å². The van der Waals surface area contributed by atoms with Gasteiger partial charge in [-0.3, -0.25) is 0 Å². The first-order chi connectivity index (χ1) is 6.65. The molecule has 0 heterocycles. The van der Waals surface area contributed by atoms with Crippen LogP contribution in [-0.2, 0) is 4.79 Å². The standard InChI is InChI=1S/C10H6FNO2/c11-10-7(4-5-9(13)14)2-1-3-8(10)6-12/h1-5H,(H,13,14). The van der Waals surface area contributed by atoms with Crippen molar-refractivity contribution in [2.75, 3.05) is 0 Å². The van der Waals surface area contributed by atoms with Crippen LogP contribution in [0.4, 0.5) is 4.39 Å². The normalized spacial score (nSPS) is 10.0. The van der Waals surface area contributed by atoms with Crippen LogP contribution < -0.4 is 0 Å². The monoisotopic (exact) mass is 191 g/mol. The molecule has 0 saturated heterocycles. The Labute approximate surface area is 79.7 Å². The minimum Gasteiger partial charge on any atom is -0.478 e. The fourth-order valence-electron chi connectivity index (χ4n) is 0.926. The van der Waals surface area contributed by atoms with E-state index in [-0.39, 0.29) is 11.1 Å². The van der Waals surface area contributed by atoms with Crippen LogP contribution in [0.2, 0.25) is 0 Å². The summed E-state index contributed by atoms with van der Waals surface area (Å²) in [4.78, 5) is 10.2. The lowest BCUT2D eigenvalue weighted by Crippen LogP contribution is -1.90. The summed E-state index contributed by atoms with van der Waals surface area (Å²) in [6.45, 7) is 0. The first-order valence-corrected chi connectivity index (χ1v) is 3.75. The van der Waals surface area contributed by atoms with E-state index in [1.165, 1.54) is 18.2 Å². The maximum Gasteiger partial charge on any atom is 0.328 e. The molecular formula is C10H6FNO2. The number of hydrogen-bond acceptors (Lipinski definition) is 2. The van der Waals surface area contributed by atoms with Crippen LogP contribution in [0.3, 0.4) is 0 Å². The van der Waals surface area contributed by atoms with Crippen LogP contribution >= 0.6 is 0 Å². The Hall–Kier alpha value is -2.15. The van der Waals surface area contributed by atoms with Gasteiger partial charge in [0.05, 0.1) is 5.56 Å². The third-order valence-corrected chi connectivity index (χ3v) is 1.55. The Balaban J connectivity index is 3.12. The number of carbonyl (C=O) groups is 1. The number of nitriles is 1. The quantitative estimate of drug-likeness (QED) is 0.725. The summed E-state index contributed by atoms with van der Waals surface area (Å²) in [5.41, 5.74) is -0.0102. The highest BCUT2D eigenvalue weighted by atomic mass is 19.1. The second-order valence-electron chi connectivity index (χ2n) is 2.49. The molecule has 0 unspecified atom stereocenters. The van der Waals surface area contributed by atoms with Crippen molar-refractivity contribution in [1.29, 1.82) is 5.26 Å². The van der Waals surface area contributed by atoms with E-state index in [2.05, 4.69) is 0 Å². The Morgan fingerprint density at radius 3 is 2.86 bits per heavy atom. The van der Waals surface area contributed by atoms with Gasteiger partial charge in [-0.2, -0.15) is 5.26 Å². The van der Waals surface area contributed by atoms with Crippen LogP contribution in [0.15, 0.2) is 24.3 Å². The summed E-state index contributed by atoms with van der Waals surface area (Å²) in [6, 6.07) is 5.88. The minimum absolute atomic E-state index is 0.0893. The summed E-state index contributed by atoms with van der Waals surface area (Å²) < 4.78 is 13.3. The second kappa shape index (κ2) is 4.19. The zero-order chi connectivity index (χ0) is 10.6. The number of rotatable bonds is 2. The predicted octanol–water partition coefficient (Wildman–Crippen LogP) is 1.80. The van der Waals surface area contributed by atoms with Gasteiger partial charge in [-0.1, -0.05) is 12.1 Å². The molecule has 0 bridgehead atoms. The van der Waals surface area contributed by atoms with Gasteiger partial charge in [-0.15, -0.1) is 0 Å². The number of benzene rings is 1. The number of carboxylic acids is 1. The second-order valence-corrected chi connectivity index (χ2v) is 2.49. The SMILES string of the molecule is N#Cc1cccc(C=CC(=O)O)c1F. The Bertz CT molecular complexity index is 432. The van der Waals surface area contributed by atoms with E-state index in [1.807, 2.05) is 0 Å². The van der Waals surface area contributed by atoms with Crippen molar-refractivity contribution < 1.29 is 14.3 Å². The number of nitrogens with zero attached hydrogens (tertiary/aromatic N) is 1. The van der Waals surface area contributed by atoms with Gasteiger partial charge in [0, 0.05) is 11.6 Å². The Morgan fingerprint density at radius 2 is 2.29 bits per heavy atom. The summed E-state index contributed by atoms with van der Waals surface area (Å²) in [5, 5.41) is 16.8. The molecule has 14 heavy (non-hydrogen) atoms. The van der Waals surface area contributed by atoms with Crippen molar-refractivity contribution >= 4 is 12.0 Å². The van der Waals surface area contributed by atoms with Crippen LogP contribution in [0.25, 0.3) is 6.08 Å². The van der Waals surface area contributed by atoms with Crippen LogP contribution in [0.1, 0.15) is 11.1 Å². The summed E-state index contributed by atoms with van der Waals surface area (Å²) >= 11 is 0. The van der Waals surface area contributed by atoms with Gasteiger partial charge >= 0.3 is 5.97 Å². The van der Waals surface area contributed by atoms with Gasteiger partial charge in [0.2, 0.25) is 0 Å². The van der Waals surface area contributed by atoms with Crippen molar-refractivity contribution in [3.63, 3.8) is 0 Å². The van der Waals surface area contributed by atoms with E-state index in [0.717, 1.165) is 12.2 Å². The average molecular weight is 191 g/mol. The van der Waals surface area contributed by atoms with Gasteiger partial charge < -0.3 is 5.11 Å². The molecule has 0 atom stereocenters. The largest absolute Gasteiger partial charge is 0.478 e. The molecule has 1 aromatic carbocycles. The molecule has 0 spiro atoms. The summed E-state index contributed by atoms with van der Waals surface area (Å²) in [6.07, 6.45) is 1.93. The van der Waals surface area contributed by atoms with Crippen molar-refractivity contribution in [1.82, 2.24) is 0 Å². The van der Waals surface area contributed by atoms with E-state index >= 15 is 0 Å². The highest BCUT2D eigenvalue weighted by Gasteiger charge is 2.04. The average Bonchev–Trinajstić information content (AvgIpc) is 2.16. The van der Waals surface area contributed by atoms with Crippen molar-refractivity contribution in [2.24, 2.45) is 0 Å². The first-order valence-electron chi connectivity index (χ1n) is 3.75. The molecule has 0 radical (unpaired) electrons. The zero-order valence-electron chi connectivity index (χ0n) is 7.07. The van der Waals surface area contributed by atoms with Gasteiger partial charge in [0.15, 0.2) is 0 Å². The molecule has 1 N–H and O–H groups in total. The van der Waals surface area contributed by atoms with Gasteiger partial charge in [-0.25, -0.2) is 9.18 Å². The van der Waals surface area contributed by atoms with E-state index < -0.39 is 11.8 Å². The minimum atomic E-state index is -1.16. The Kier molecular flexibility index (Phi) is 2.97. The molecular weight excluding hydrogens is 185 g/mol. The smallest absolute Gasteiger partial charge is 0.328 e. The Morgan fingerprint density at radius 1 is 1.57 bits per heavy atom. The lowest BCUT2D eigenvalue weighted by Gasteiger charge is -1.96. The maximum absolute atomic E-state index is 13.3. The molecule has 0 aliphatic carbocycles. The highest BCUT2D eigenvalue weighted by Crippen LogP contribution is 2.13. The number of halogens is 1. The first kappa shape index (κ1) is 9.93. The van der Waals surface area contributed by atoms with E-state index in [4.69, 9.17) is 10.4 Å². The molecule has 0 aromatic heterocycles. The van der Waals surface area contributed by atoms with Crippen LogP contribution in [-0.4, -0.2) is 11.1 Å². The summed E-state index contributed by atoms with van der Waals surface area (Å²) in [7, 11) is 0. The van der Waals surface area contributed by atoms with Crippen LogP contribution in [0, 0.1) is 17.1 Å². The molecule has 1 rings (SSSR count). The zero-order valence-corrected chi connectivity index (χ0v) is 7.07. The number of hydrogen-bond donors (Lipinski definition) is 1. The summed E-state index contributed by atoms with van der Waals surface area (Å²) in [5.74, 6) is -1.86. The lowest BCUT2D eigenvalue weighted by atomic mass is 10.1. The van der Waals surface area contributed by atoms with Crippen molar-refractivity contribution in [3.8, 4) is 6.07 Å². The van der Waals surface area contributed by atoms with Crippen LogP contribution in [0.5, 0.6) is 0 Å². The van der Waals surface area contributed by atoms with Crippen molar-refractivity contribution in [2.45, 2.75) is 0 Å². The third kappa shape index (κ3) is 2.17. The molecule has 1 aromatic rings. The molecule has 0 fully saturated rings. The molecule has 3 nitrogen and oxygen atoms in total. The number of carboxylic acid groups (broad SMARTS) is 1. The predicted molar refractivity (Wildman–Crippen MR) is 47.8 cm³/mol. The van der Waals surface area contributed by atoms with Gasteiger partial charge in [-0.05, 0) is 12.1 Å². The highest BCUT2D eigenvalue weighted by molar-refractivity contribution is 5.85. The number of aliphatic carboxylic acids is 1. The molecule has 0 saturated carbocycles. The fourth-order valence-corrected chi connectivity index (χ4v) is 0.926. The van der Waals surface area contributed by atoms with E-state index in [1.54, 1.807) is 6.07 Å². The fraction of sp³-hybridized carbons (Fsp3) is 0. The third-order valence-electron chi connectivity index (χ3n) is 1.55.